The van der Waals surface area contributed by atoms with Crippen molar-refractivity contribution in [3.8, 4) is 17.0 Å². The van der Waals surface area contributed by atoms with Crippen molar-refractivity contribution in [2.45, 2.75) is 16.3 Å². The van der Waals surface area contributed by atoms with Crippen molar-refractivity contribution in [1.29, 1.82) is 0 Å². The molecule has 0 bridgehead atoms. The van der Waals surface area contributed by atoms with Crippen molar-refractivity contribution in [3.63, 3.8) is 0 Å². The second-order valence-corrected chi connectivity index (χ2v) is 9.57. The number of nitrogens with one attached hydrogen (secondary N) is 1. The maximum absolute atomic E-state index is 12.4. The van der Waals surface area contributed by atoms with Gasteiger partial charge in [0.05, 0.1) is 9.38 Å². The highest BCUT2D eigenvalue weighted by Gasteiger charge is 2.26. The Morgan fingerprint density at radius 2 is 1.67 bits per heavy atom. The number of hydrogen-bond donors (Lipinski definition) is 4. The lowest BCUT2D eigenvalue weighted by Crippen LogP contribution is -2.31. The van der Waals surface area contributed by atoms with Crippen LogP contribution in [0.25, 0.3) is 11.1 Å². The van der Waals surface area contributed by atoms with E-state index in [-0.39, 0.29) is 23.1 Å². The van der Waals surface area contributed by atoms with E-state index < -0.39 is 52.9 Å². The van der Waals surface area contributed by atoms with Crippen LogP contribution in [0, 0.1) is 0 Å². The second kappa shape index (κ2) is 8.69. The summed E-state index contributed by atoms with van der Waals surface area (Å²) in [4.78, 5) is 22.4. The molecule has 14 heteroatoms. The predicted octanol–water partition coefficient (Wildman–Crippen LogP) is 0.739. The Hall–Kier alpha value is -2.52. The van der Waals surface area contributed by atoms with Gasteiger partial charge in [0.25, 0.3) is 31.7 Å². The maximum atomic E-state index is 12.4. The summed E-state index contributed by atoms with van der Waals surface area (Å²) in [6.45, 7) is 2.84. The van der Waals surface area contributed by atoms with Crippen molar-refractivity contribution in [2.24, 2.45) is 0 Å². The number of aromatic nitrogens is 1. The number of benzene rings is 1. The molecule has 0 radical (unpaired) electrons. The fourth-order valence-electron chi connectivity index (χ4n) is 2.48. The van der Waals surface area contributed by atoms with Gasteiger partial charge in [-0.2, -0.15) is 16.8 Å². The Morgan fingerprint density at radius 3 is 2.13 bits per heavy atom. The van der Waals surface area contributed by atoms with E-state index >= 15 is 0 Å². The standard InChI is InChI=1S/C16H15BrN2O9S2/c1-9(17)15(21)18-6-7-19-13(20)8-12(14(16(19)22)30(26,27)28)10-2-4-11(5-3-10)29(23,24)25/h2-5,8,22H,1,6-7H2,(H,18,21)(H,23,24,25)(H,26,27,28). The smallest absolute Gasteiger partial charge is 0.300 e. The third-order valence-electron chi connectivity index (χ3n) is 3.83. The van der Waals surface area contributed by atoms with Gasteiger partial charge in [-0.05, 0) is 33.6 Å². The van der Waals surface area contributed by atoms with Crippen LogP contribution in [-0.4, -0.2) is 48.1 Å². The summed E-state index contributed by atoms with van der Waals surface area (Å²) in [5, 5.41) is 12.7. The zero-order chi connectivity index (χ0) is 22.9. The first-order chi connectivity index (χ1) is 13.7. The number of carbonyl (C=O) groups is 1. The average Bonchev–Trinajstić information content (AvgIpc) is 2.61. The Labute approximate surface area is 179 Å². The first-order valence-electron chi connectivity index (χ1n) is 7.88. The minimum absolute atomic E-state index is 0.0152. The van der Waals surface area contributed by atoms with Crippen molar-refractivity contribution in [2.75, 3.05) is 6.54 Å². The fourth-order valence-corrected chi connectivity index (χ4v) is 3.90. The molecule has 4 N–H and O–H groups in total. The van der Waals surface area contributed by atoms with Crippen molar-refractivity contribution in [1.82, 2.24) is 9.88 Å². The molecule has 0 spiro atoms. The van der Waals surface area contributed by atoms with Crippen molar-refractivity contribution < 1.29 is 35.8 Å². The van der Waals surface area contributed by atoms with E-state index in [1.54, 1.807) is 0 Å². The zero-order valence-electron chi connectivity index (χ0n) is 14.9. The molecule has 30 heavy (non-hydrogen) atoms. The molecule has 2 rings (SSSR count). The average molecular weight is 523 g/mol. The SMILES string of the molecule is C=C(Br)C(=O)NCCn1c(O)c(S(=O)(=O)O)c(-c2ccc(S(=O)(=O)O)cc2)cc1=O. The van der Waals surface area contributed by atoms with Crippen molar-refractivity contribution >= 4 is 42.1 Å². The molecular weight excluding hydrogens is 508 g/mol. The molecular formula is C16H15BrN2O9S2. The summed E-state index contributed by atoms with van der Waals surface area (Å²) >= 11 is 2.86. The van der Waals surface area contributed by atoms with E-state index in [0.29, 0.717) is 4.57 Å². The summed E-state index contributed by atoms with van der Waals surface area (Å²) in [5.74, 6) is -1.67. The van der Waals surface area contributed by atoms with Gasteiger partial charge in [-0.25, -0.2) is 0 Å². The van der Waals surface area contributed by atoms with Crippen LogP contribution in [0.4, 0.5) is 0 Å². The molecule has 0 saturated heterocycles. The minimum Gasteiger partial charge on any atom is -0.493 e. The van der Waals surface area contributed by atoms with Gasteiger partial charge < -0.3 is 10.4 Å². The molecule has 162 valence electrons. The van der Waals surface area contributed by atoms with E-state index in [1.165, 1.54) is 0 Å². The van der Waals surface area contributed by atoms with Gasteiger partial charge in [0.1, 0.15) is 0 Å². The van der Waals surface area contributed by atoms with Gasteiger partial charge in [-0.15, -0.1) is 0 Å². The zero-order valence-corrected chi connectivity index (χ0v) is 18.2. The summed E-state index contributed by atoms with van der Waals surface area (Å²) in [7, 11) is -9.54. The number of amides is 1. The monoisotopic (exact) mass is 522 g/mol. The summed E-state index contributed by atoms with van der Waals surface area (Å²) in [6, 6.07) is 4.88. The second-order valence-electron chi connectivity index (χ2n) is 5.84. The topological polar surface area (TPSA) is 180 Å². The summed E-state index contributed by atoms with van der Waals surface area (Å²) in [5.41, 5.74) is -1.28. The van der Waals surface area contributed by atoms with Gasteiger partial charge in [-0.1, -0.05) is 18.7 Å². The van der Waals surface area contributed by atoms with E-state index in [0.717, 1.165) is 30.3 Å². The normalized spacial score (nSPS) is 11.8. The summed E-state index contributed by atoms with van der Waals surface area (Å²) in [6.07, 6.45) is 0. The van der Waals surface area contributed by atoms with Crippen LogP contribution in [0.15, 0.2) is 56.0 Å². The quantitative estimate of drug-likeness (QED) is 0.301. The third-order valence-corrected chi connectivity index (χ3v) is 5.97. The predicted molar refractivity (Wildman–Crippen MR) is 109 cm³/mol. The van der Waals surface area contributed by atoms with E-state index in [2.05, 4.69) is 27.8 Å². The highest BCUT2D eigenvalue weighted by atomic mass is 79.9. The fraction of sp³-hybridized carbons (Fsp3) is 0.125. The van der Waals surface area contributed by atoms with Gasteiger partial charge in [-0.3, -0.25) is 23.3 Å². The van der Waals surface area contributed by atoms with E-state index in [1.807, 2.05) is 0 Å². The number of pyridine rings is 1. The molecule has 11 nitrogen and oxygen atoms in total. The molecule has 1 heterocycles. The van der Waals surface area contributed by atoms with Crippen LogP contribution < -0.4 is 10.9 Å². The van der Waals surface area contributed by atoms with E-state index in [9.17, 15) is 36.1 Å². The van der Waals surface area contributed by atoms with Gasteiger partial charge in [0.2, 0.25) is 5.88 Å². The third kappa shape index (κ3) is 5.34. The molecule has 0 aliphatic heterocycles. The van der Waals surface area contributed by atoms with Crippen LogP contribution in [0.2, 0.25) is 0 Å². The Bertz CT molecular complexity index is 1280. The molecule has 1 aromatic carbocycles. The van der Waals surface area contributed by atoms with Crippen LogP contribution in [-0.2, 0) is 31.6 Å². The number of halogens is 1. The van der Waals surface area contributed by atoms with Gasteiger partial charge in [0, 0.05) is 24.7 Å². The first-order valence-corrected chi connectivity index (χ1v) is 11.6. The molecule has 0 atom stereocenters. The lowest BCUT2D eigenvalue weighted by atomic mass is 10.1. The van der Waals surface area contributed by atoms with E-state index in [4.69, 9.17) is 4.55 Å². The number of carbonyl (C=O) groups excluding carboxylic acids is 1. The number of aromatic hydroxyl groups is 1. The maximum Gasteiger partial charge on any atom is 0.300 e. The lowest BCUT2D eigenvalue weighted by Gasteiger charge is -2.15. The molecule has 0 aliphatic carbocycles. The molecule has 0 saturated carbocycles. The number of hydrogen-bond acceptors (Lipinski definition) is 7. The Kier molecular flexibility index (Phi) is 6.88. The Morgan fingerprint density at radius 1 is 1.10 bits per heavy atom. The van der Waals surface area contributed by atoms with Crippen LogP contribution in [0.5, 0.6) is 5.88 Å². The molecule has 1 aromatic heterocycles. The van der Waals surface area contributed by atoms with Crippen LogP contribution in [0.3, 0.4) is 0 Å². The Balaban J connectivity index is 2.57. The lowest BCUT2D eigenvalue weighted by molar-refractivity contribution is -0.116. The minimum atomic E-state index is -5.03. The molecule has 2 aromatic rings. The van der Waals surface area contributed by atoms with Crippen LogP contribution in [0.1, 0.15) is 0 Å². The molecule has 1 amide bonds. The largest absolute Gasteiger partial charge is 0.493 e. The van der Waals surface area contributed by atoms with Crippen molar-refractivity contribution in [3.05, 3.63) is 51.7 Å². The highest BCUT2D eigenvalue weighted by molar-refractivity contribution is 9.12. The number of rotatable bonds is 7. The highest BCUT2D eigenvalue weighted by Crippen LogP contribution is 2.33. The molecule has 0 aliphatic rings. The van der Waals surface area contributed by atoms with Crippen LogP contribution >= 0.6 is 15.9 Å². The first kappa shape index (κ1) is 23.8. The molecule has 0 unspecified atom stereocenters. The van der Waals surface area contributed by atoms with Gasteiger partial charge >= 0.3 is 0 Å². The van der Waals surface area contributed by atoms with Gasteiger partial charge in [0.15, 0.2) is 4.90 Å². The molecule has 0 fully saturated rings. The summed E-state index contributed by atoms with van der Waals surface area (Å²) < 4.78 is 65.2. The number of nitrogens with zero attached hydrogens (tertiary/aromatic N) is 1.